The lowest BCUT2D eigenvalue weighted by atomic mass is 9.98. The monoisotopic (exact) mass is 410 g/mol. The Balaban J connectivity index is 1.30. The average Bonchev–Trinajstić information content (AvgIpc) is 3.58. The number of nitrogens with one attached hydrogen (secondary N) is 1. The number of carbonyl (C=O) groups is 2. The molecule has 4 rings (SSSR count). The Hall–Kier alpha value is -2.89. The van der Waals surface area contributed by atoms with Crippen molar-refractivity contribution in [3.8, 4) is 5.75 Å². The molecule has 158 valence electrons. The number of hydrogen-bond donors (Lipinski definition) is 1. The van der Waals surface area contributed by atoms with Crippen LogP contribution >= 0.6 is 0 Å². The standard InChI is InChI=1S/C24H27FN2O3/c1-16-4-5-19(13-22(16)25)24(29)27-12-2-3-17(14-27)15-30-21-10-6-18(7-11-21)23(28)26-20-8-9-20/h4-7,10-11,13,17,20H,2-3,8-9,12,14-15H2,1H3,(H,26,28). The smallest absolute Gasteiger partial charge is 0.253 e. The lowest BCUT2D eigenvalue weighted by Gasteiger charge is -2.32. The summed E-state index contributed by atoms with van der Waals surface area (Å²) in [4.78, 5) is 26.6. The molecule has 2 aromatic carbocycles. The third-order valence-corrected chi connectivity index (χ3v) is 5.74. The van der Waals surface area contributed by atoms with Gasteiger partial charge in [-0.25, -0.2) is 4.39 Å². The van der Waals surface area contributed by atoms with Crippen LogP contribution in [0.5, 0.6) is 5.75 Å². The van der Waals surface area contributed by atoms with Gasteiger partial charge in [0.2, 0.25) is 0 Å². The molecule has 1 aliphatic heterocycles. The zero-order chi connectivity index (χ0) is 21.1. The number of ether oxygens (including phenoxy) is 1. The summed E-state index contributed by atoms with van der Waals surface area (Å²) in [6.07, 6.45) is 4.00. The first kappa shape index (κ1) is 20.4. The zero-order valence-electron chi connectivity index (χ0n) is 17.2. The molecule has 1 N–H and O–H groups in total. The van der Waals surface area contributed by atoms with E-state index in [-0.39, 0.29) is 23.5 Å². The second kappa shape index (κ2) is 8.86. The third-order valence-electron chi connectivity index (χ3n) is 5.74. The van der Waals surface area contributed by atoms with Crippen molar-refractivity contribution in [1.82, 2.24) is 10.2 Å². The maximum atomic E-state index is 13.8. The molecule has 0 spiro atoms. The first-order valence-corrected chi connectivity index (χ1v) is 10.6. The maximum Gasteiger partial charge on any atom is 0.253 e. The van der Waals surface area contributed by atoms with Gasteiger partial charge in [0.05, 0.1) is 6.61 Å². The number of piperidine rings is 1. The minimum Gasteiger partial charge on any atom is -0.493 e. The summed E-state index contributed by atoms with van der Waals surface area (Å²) in [5, 5.41) is 2.97. The molecule has 0 radical (unpaired) electrons. The van der Waals surface area contributed by atoms with Crippen LogP contribution in [0.1, 0.15) is 52.0 Å². The Bertz CT molecular complexity index is 925. The minimum absolute atomic E-state index is 0.0435. The summed E-state index contributed by atoms with van der Waals surface area (Å²) in [7, 11) is 0. The summed E-state index contributed by atoms with van der Waals surface area (Å²) in [6.45, 7) is 3.45. The van der Waals surface area contributed by atoms with Crippen LogP contribution in [-0.4, -0.2) is 42.5 Å². The van der Waals surface area contributed by atoms with Crippen molar-refractivity contribution in [3.05, 3.63) is 65.0 Å². The number of amides is 2. The molecule has 1 saturated heterocycles. The molecule has 1 atom stereocenters. The molecule has 5 nitrogen and oxygen atoms in total. The highest BCUT2D eigenvalue weighted by molar-refractivity contribution is 5.95. The first-order chi connectivity index (χ1) is 14.5. The maximum absolute atomic E-state index is 13.8. The molecule has 2 amide bonds. The predicted molar refractivity (Wildman–Crippen MR) is 112 cm³/mol. The van der Waals surface area contributed by atoms with Gasteiger partial charge in [0.1, 0.15) is 11.6 Å². The van der Waals surface area contributed by atoms with Crippen molar-refractivity contribution in [3.63, 3.8) is 0 Å². The molecule has 0 bridgehead atoms. The van der Waals surface area contributed by atoms with Crippen molar-refractivity contribution in [1.29, 1.82) is 0 Å². The zero-order valence-corrected chi connectivity index (χ0v) is 17.2. The largest absolute Gasteiger partial charge is 0.493 e. The van der Waals surface area contributed by atoms with E-state index in [1.165, 1.54) is 6.07 Å². The van der Waals surface area contributed by atoms with Crippen molar-refractivity contribution in [2.75, 3.05) is 19.7 Å². The quantitative estimate of drug-likeness (QED) is 0.784. The highest BCUT2D eigenvalue weighted by Crippen LogP contribution is 2.22. The minimum atomic E-state index is -0.355. The van der Waals surface area contributed by atoms with E-state index in [0.717, 1.165) is 25.7 Å². The Labute approximate surface area is 176 Å². The van der Waals surface area contributed by atoms with Crippen molar-refractivity contribution < 1.29 is 18.7 Å². The van der Waals surface area contributed by atoms with E-state index in [9.17, 15) is 14.0 Å². The van der Waals surface area contributed by atoms with Crippen molar-refractivity contribution in [2.45, 2.75) is 38.6 Å². The molecule has 2 fully saturated rings. The van der Waals surface area contributed by atoms with Gasteiger partial charge in [-0.2, -0.15) is 0 Å². The molecule has 1 heterocycles. The van der Waals surface area contributed by atoms with Crippen molar-refractivity contribution in [2.24, 2.45) is 5.92 Å². The lowest BCUT2D eigenvalue weighted by molar-refractivity contribution is 0.0633. The van der Waals surface area contributed by atoms with Crippen LogP contribution in [0, 0.1) is 18.7 Å². The Kier molecular flexibility index (Phi) is 6.02. The summed E-state index contributed by atoms with van der Waals surface area (Å²) in [5.74, 6) is 0.396. The SMILES string of the molecule is Cc1ccc(C(=O)N2CCCC(COc3ccc(C(=O)NC4CC4)cc3)C2)cc1F. The van der Waals surface area contributed by atoms with Gasteiger partial charge in [0.15, 0.2) is 0 Å². The van der Waals surface area contributed by atoms with Gasteiger partial charge in [-0.05, 0) is 74.6 Å². The van der Waals surface area contributed by atoms with E-state index >= 15 is 0 Å². The van der Waals surface area contributed by atoms with E-state index in [1.807, 2.05) is 12.1 Å². The molecule has 1 aliphatic carbocycles. The highest BCUT2D eigenvalue weighted by atomic mass is 19.1. The summed E-state index contributed by atoms with van der Waals surface area (Å²) < 4.78 is 19.7. The predicted octanol–water partition coefficient (Wildman–Crippen LogP) is 3.96. The van der Waals surface area contributed by atoms with Crippen LogP contribution in [0.3, 0.4) is 0 Å². The van der Waals surface area contributed by atoms with Crippen LogP contribution < -0.4 is 10.1 Å². The Morgan fingerprint density at radius 3 is 2.53 bits per heavy atom. The van der Waals surface area contributed by atoms with Gasteiger partial charge < -0.3 is 15.0 Å². The second-order valence-electron chi connectivity index (χ2n) is 8.31. The number of rotatable bonds is 6. The normalized spacial score (nSPS) is 18.7. The molecular formula is C24H27FN2O3. The first-order valence-electron chi connectivity index (χ1n) is 10.6. The highest BCUT2D eigenvalue weighted by Gasteiger charge is 2.26. The summed E-state index contributed by atoms with van der Waals surface area (Å²) in [5.41, 5.74) is 1.56. The summed E-state index contributed by atoms with van der Waals surface area (Å²) >= 11 is 0. The van der Waals surface area contributed by atoms with Gasteiger partial charge >= 0.3 is 0 Å². The summed E-state index contributed by atoms with van der Waals surface area (Å²) in [6, 6.07) is 12.1. The molecule has 30 heavy (non-hydrogen) atoms. The van der Waals surface area contributed by atoms with E-state index in [1.54, 1.807) is 36.1 Å². The third kappa shape index (κ3) is 4.99. The number of hydrogen-bond acceptors (Lipinski definition) is 3. The lowest BCUT2D eigenvalue weighted by Crippen LogP contribution is -2.41. The number of aryl methyl sites for hydroxylation is 1. The topological polar surface area (TPSA) is 58.6 Å². The van der Waals surface area contributed by atoms with Crippen LogP contribution in [0.15, 0.2) is 42.5 Å². The molecule has 2 aromatic rings. The fraction of sp³-hybridized carbons (Fsp3) is 0.417. The Morgan fingerprint density at radius 1 is 1.10 bits per heavy atom. The van der Waals surface area contributed by atoms with Crippen LogP contribution in [0.4, 0.5) is 4.39 Å². The number of benzene rings is 2. The van der Waals surface area contributed by atoms with Gasteiger partial charge in [0, 0.05) is 36.2 Å². The molecule has 1 unspecified atom stereocenters. The molecule has 2 aliphatic rings. The van der Waals surface area contributed by atoms with E-state index < -0.39 is 0 Å². The van der Waals surface area contributed by atoms with Crippen LogP contribution in [-0.2, 0) is 0 Å². The Morgan fingerprint density at radius 2 is 1.83 bits per heavy atom. The van der Waals surface area contributed by atoms with Gasteiger partial charge in [-0.1, -0.05) is 6.07 Å². The van der Waals surface area contributed by atoms with Gasteiger partial charge in [-0.15, -0.1) is 0 Å². The second-order valence-corrected chi connectivity index (χ2v) is 8.31. The fourth-order valence-corrected chi connectivity index (χ4v) is 3.71. The number of halogens is 1. The van der Waals surface area contributed by atoms with Crippen LogP contribution in [0.25, 0.3) is 0 Å². The van der Waals surface area contributed by atoms with E-state index in [0.29, 0.717) is 48.2 Å². The molecular weight excluding hydrogens is 383 g/mol. The number of nitrogens with zero attached hydrogens (tertiary/aromatic N) is 1. The van der Waals surface area contributed by atoms with Crippen LogP contribution in [0.2, 0.25) is 0 Å². The number of likely N-dealkylation sites (tertiary alicyclic amines) is 1. The van der Waals surface area contributed by atoms with E-state index in [2.05, 4.69) is 5.32 Å². The fourth-order valence-electron chi connectivity index (χ4n) is 3.71. The van der Waals surface area contributed by atoms with E-state index in [4.69, 9.17) is 4.74 Å². The van der Waals surface area contributed by atoms with Gasteiger partial charge in [0.25, 0.3) is 11.8 Å². The average molecular weight is 410 g/mol. The van der Waals surface area contributed by atoms with Crippen molar-refractivity contribution >= 4 is 11.8 Å². The number of carbonyl (C=O) groups excluding carboxylic acids is 2. The van der Waals surface area contributed by atoms with Gasteiger partial charge in [-0.3, -0.25) is 9.59 Å². The molecule has 0 aromatic heterocycles. The molecule has 1 saturated carbocycles. The molecule has 6 heteroatoms.